The molecule has 1 aliphatic rings. The third kappa shape index (κ3) is 6.41. The molecule has 0 aromatic heterocycles. The molecule has 0 spiro atoms. The molecular formula is C13H22N2OS. The lowest BCUT2D eigenvalue weighted by molar-refractivity contribution is -0.120. The highest BCUT2D eigenvalue weighted by atomic mass is 32.1. The van der Waals surface area contributed by atoms with Gasteiger partial charge in [0.05, 0.1) is 0 Å². The molecule has 0 aromatic carbocycles. The second kappa shape index (κ2) is 8.23. The fourth-order valence-corrected chi connectivity index (χ4v) is 2.41. The van der Waals surface area contributed by atoms with Crippen molar-refractivity contribution in [3.05, 3.63) is 12.7 Å². The molecule has 1 aliphatic carbocycles. The van der Waals surface area contributed by atoms with E-state index in [1.54, 1.807) is 6.08 Å². The lowest BCUT2D eigenvalue weighted by atomic mass is 9.86. The third-order valence-electron chi connectivity index (χ3n) is 3.16. The maximum Gasteiger partial charge on any atom is 0.226 e. The van der Waals surface area contributed by atoms with Crippen LogP contribution in [0.3, 0.4) is 0 Å². The van der Waals surface area contributed by atoms with Gasteiger partial charge in [-0.1, -0.05) is 38.2 Å². The van der Waals surface area contributed by atoms with E-state index in [9.17, 15) is 4.79 Å². The summed E-state index contributed by atoms with van der Waals surface area (Å²) in [6.45, 7) is 4.16. The van der Waals surface area contributed by atoms with Crippen LogP contribution in [-0.4, -0.2) is 17.6 Å². The van der Waals surface area contributed by atoms with Crippen molar-refractivity contribution in [1.29, 1.82) is 0 Å². The van der Waals surface area contributed by atoms with Crippen molar-refractivity contribution in [2.45, 2.75) is 44.9 Å². The van der Waals surface area contributed by atoms with Crippen molar-refractivity contribution in [3.63, 3.8) is 0 Å². The largest absolute Gasteiger partial charge is 0.359 e. The Morgan fingerprint density at radius 1 is 1.35 bits per heavy atom. The van der Waals surface area contributed by atoms with Crippen LogP contribution >= 0.6 is 12.2 Å². The van der Waals surface area contributed by atoms with E-state index in [0.717, 1.165) is 12.3 Å². The molecule has 2 N–H and O–H groups in total. The summed E-state index contributed by atoms with van der Waals surface area (Å²) < 4.78 is 0. The Morgan fingerprint density at radius 3 is 2.71 bits per heavy atom. The van der Waals surface area contributed by atoms with Crippen LogP contribution in [0, 0.1) is 5.92 Å². The predicted molar refractivity (Wildman–Crippen MR) is 74.7 cm³/mol. The molecule has 0 aromatic rings. The number of thiocarbonyl (C=S) groups is 1. The van der Waals surface area contributed by atoms with Gasteiger partial charge < -0.3 is 10.6 Å². The van der Waals surface area contributed by atoms with Crippen molar-refractivity contribution in [3.8, 4) is 0 Å². The smallest absolute Gasteiger partial charge is 0.226 e. The molecule has 1 amide bonds. The van der Waals surface area contributed by atoms with Crippen LogP contribution in [0.5, 0.6) is 0 Å². The van der Waals surface area contributed by atoms with Gasteiger partial charge in [-0.05, 0) is 24.6 Å². The topological polar surface area (TPSA) is 41.1 Å². The fourth-order valence-electron chi connectivity index (χ4n) is 2.21. The first-order chi connectivity index (χ1) is 8.22. The van der Waals surface area contributed by atoms with Crippen LogP contribution in [0.2, 0.25) is 0 Å². The van der Waals surface area contributed by atoms with Gasteiger partial charge in [0.1, 0.15) is 0 Å². The van der Waals surface area contributed by atoms with E-state index in [0.29, 0.717) is 18.1 Å². The summed E-state index contributed by atoms with van der Waals surface area (Å²) in [5.74, 6) is 0.765. The molecular weight excluding hydrogens is 232 g/mol. The van der Waals surface area contributed by atoms with Gasteiger partial charge in [0.2, 0.25) is 5.91 Å². The number of hydrogen-bond acceptors (Lipinski definition) is 2. The Morgan fingerprint density at radius 2 is 2.06 bits per heavy atom. The molecule has 4 heteroatoms. The normalized spacial score (nSPS) is 16.2. The van der Waals surface area contributed by atoms with Gasteiger partial charge >= 0.3 is 0 Å². The summed E-state index contributed by atoms with van der Waals surface area (Å²) in [5, 5.41) is 5.97. The van der Waals surface area contributed by atoms with E-state index >= 15 is 0 Å². The first kappa shape index (κ1) is 14.2. The Kier molecular flexibility index (Phi) is 6.86. The first-order valence-corrected chi connectivity index (χ1v) is 6.81. The number of rotatable bonds is 5. The van der Waals surface area contributed by atoms with Crippen molar-refractivity contribution >= 4 is 23.2 Å². The van der Waals surface area contributed by atoms with Crippen LogP contribution in [-0.2, 0) is 4.79 Å². The molecule has 17 heavy (non-hydrogen) atoms. The number of carbonyl (C=O) groups excluding carboxylic acids is 1. The maximum atomic E-state index is 11.6. The Balaban J connectivity index is 2.11. The summed E-state index contributed by atoms with van der Waals surface area (Å²) in [5.41, 5.74) is 0. The maximum absolute atomic E-state index is 11.6. The molecule has 1 fully saturated rings. The van der Waals surface area contributed by atoms with Crippen LogP contribution in [0.25, 0.3) is 0 Å². The van der Waals surface area contributed by atoms with Gasteiger partial charge in [-0.3, -0.25) is 4.79 Å². The second-order valence-corrected chi connectivity index (χ2v) is 5.00. The molecule has 0 saturated heterocycles. The molecule has 0 aliphatic heterocycles. The second-order valence-electron chi connectivity index (χ2n) is 4.59. The molecule has 0 bridgehead atoms. The van der Waals surface area contributed by atoms with Crippen LogP contribution in [0.1, 0.15) is 44.9 Å². The van der Waals surface area contributed by atoms with Gasteiger partial charge in [-0.2, -0.15) is 0 Å². The number of nitrogens with one attached hydrogen (secondary N) is 2. The molecule has 3 nitrogen and oxygen atoms in total. The van der Waals surface area contributed by atoms with Crippen molar-refractivity contribution < 1.29 is 4.79 Å². The third-order valence-corrected chi connectivity index (χ3v) is 3.41. The quantitative estimate of drug-likeness (QED) is 0.585. The van der Waals surface area contributed by atoms with Crippen molar-refractivity contribution in [1.82, 2.24) is 10.6 Å². The Hall–Kier alpha value is -0.900. The van der Waals surface area contributed by atoms with Gasteiger partial charge in [0.25, 0.3) is 0 Å². The molecule has 0 atom stereocenters. The average Bonchev–Trinajstić information content (AvgIpc) is 2.35. The summed E-state index contributed by atoms with van der Waals surface area (Å²) in [7, 11) is 0. The van der Waals surface area contributed by atoms with E-state index in [4.69, 9.17) is 12.2 Å². The van der Waals surface area contributed by atoms with E-state index in [-0.39, 0.29) is 5.91 Å². The highest BCUT2D eigenvalue weighted by molar-refractivity contribution is 7.80. The molecule has 1 saturated carbocycles. The van der Waals surface area contributed by atoms with Crippen molar-refractivity contribution in [2.24, 2.45) is 5.92 Å². The predicted octanol–water partition coefficient (Wildman–Crippen LogP) is 2.52. The monoisotopic (exact) mass is 254 g/mol. The van der Waals surface area contributed by atoms with Crippen LogP contribution < -0.4 is 10.6 Å². The molecule has 1 rings (SSSR count). The molecule has 0 radical (unpaired) electrons. The molecule has 0 heterocycles. The zero-order chi connectivity index (χ0) is 12.5. The van der Waals surface area contributed by atoms with Crippen LogP contribution in [0.4, 0.5) is 0 Å². The minimum absolute atomic E-state index is 0.0251. The zero-order valence-corrected chi connectivity index (χ0v) is 11.2. The van der Waals surface area contributed by atoms with Gasteiger partial charge in [-0.25, -0.2) is 0 Å². The Bertz CT molecular complexity index is 273. The minimum atomic E-state index is 0.0251. The van der Waals surface area contributed by atoms with E-state index < -0.39 is 0 Å². The van der Waals surface area contributed by atoms with Gasteiger partial charge in [0.15, 0.2) is 5.11 Å². The fraction of sp³-hybridized carbons (Fsp3) is 0.692. The molecule has 96 valence electrons. The number of hydrogen-bond donors (Lipinski definition) is 2. The summed E-state index contributed by atoms with van der Waals surface area (Å²) >= 11 is 4.98. The van der Waals surface area contributed by atoms with E-state index in [1.807, 2.05) is 0 Å². The summed E-state index contributed by atoms with van der Waals surface area (Å²) in [6.07, 6.45) is 9.87. The lowest BCUT2D eigenvalue weighted by Gasteiger charge is -2.21. The zero-order valence-electron chi connectivity index (χ0n) is 10.3. The average molecular weight is 254 g/mol. The van der Waals surface area contributed by atoms with Gasteiger partial charge in [-0.15, -0.1) is 6.58 Å². The first-order valence-electron chi connectivity index (χ1n) is 6.41. The van der Waals surface area contributed by atoms with Crippen molar-refractivity contribution in [2.75, 3.05) is 6.54 Å². The Labute approximate surface area is 109 Å². The van der Waals surface area contributed by atoms with E-state index in [1.165, 1.54) is 32.1 Å². The molecule has 0 unspecified atom stereocenters. The number of carbonyl (C=O) groups is 1. The van der Waals surface area contributed by atoms with E-state index in [2.05, 4.69) is 17.2 Å². The highest BCUT2D eigenvalue weighted by Crippen LogP contribution is 2.27. The lowest BCUT2D eigenvalue weighted by Crippen LogP contribution is -2.39. The summed E-state index contributed by atoms with van der Waals surface area (Å²) in [6, 6.07) is 0. The summed E-state index contributed by atoms with van der Waals surface area (Å²) in [4.78, 5) is 11.6. The van der Waals surface area contributed by atoms with Gasteiger partial charge in [0, 0.05) is 13.0 Å². The van der Waals surface area contributed by atoms with Crippen LogP contribution in [0.15, 0.2) is 12.7 Å². The number of amides is 1. The SMILES string of the molecule is C=CCNC(=S)NC(=O)CCC1CCCCC1. The minimum Gasteiger partial charge on any atom is -0.359 e. The highest BCUT2D eigenvalue weighted by Gasteiger charge is 2.14. The standard InChI is InChI=1S/C13H22N2OS/c1-2-10-14-13(17)15-12(16)9-8-11-6-4-3-5-7-11/h2,11H,1,3-10H2,(H2,14,15,16,17).